The average molecular weight is 922 g/mol. The van der Waals surface area contributed by atoms with E-state index < -0.39 is 11.7 Å². The Hall–Kier alpha value is -9.32. The number of hydrogen-bond acceptors (Lipinski definition) is 1. The highest BCUT2D eigenvalue weighted by Crippen LogP contribution is 2.48. The van der Waals surface area contributed by atoms with E-state index in [2.05, 4.69) is 146 Å². The maximum absolute atomic E-state index is 15.4. The van der Waals surface area contributed by atoms with Gasteiger partial charge in [0.2, 0.25) is 0 Å². The molecule has 0 spiro atoms. The molecule has 0 unspecified atom stereocenters. The fourth-order valence-electron chi connectivity index (χ4n) is 11.7. The minimum Gasteiger partial charge on any atom is -0.307 e. The maximum Gasteiger partial charge on any atom is 0.417 e. The number of benzene rings is 10. The fraction of sp³-hybridized carbons (Fsp3) is 0.0317. The standard InChI is InChI=1S/C63H38F3N5/c1-38-17-16-26-51(63(64,65)66)58(38)50-36-57(71-55-30-15-11-25-45(55)49-34-32-47-43-23-9-13-28-53(43)69(60(47)62(49)71)41-20-6-3-7-21-41)56(35-39(50)37-67)70-54-29-14-10-24-44(54)48-33-31-46-42-22-8-12-27-52(42)68(59(46)61(48)70)40-18-4-2-5-19-40/h2-36H,1H3. The first kappa shape index (κ1) is 40.7. The Labute approximate surface area is 404 Å². The molecule has 71 heavy (non-hydrogen) atoms. The van der Waals surface area contributed by atoms with Crippen molar-refractivity contribution in [3.63, 3.8) is 0 Å². The summed E-state index contributed by atoms with van der Waals surface area (Å²) in [4.78, 5) is 0. The SMILES string of the molecule is Cc1cccc(C(F)(F)F)c1-c1cc(-n2c3ccccc3c3ccc4c5ccccc5n(-c5ccccc5)c4c32)c(-n2c3ccccc3c3ccc4c5ccccc5n(-c5ccccc5)c4c32)cc1C#N. The van der Waals surface area contributed by atoms with Gasteiger partial charge in [-0.3, -0.25) is 0 Å². The molecule has 0 N–H and O–H groups in total. The predicted molar refractivity (Wildman–Crippen MR) is 284 cm³/mol. The van der Waals surface area contributed by atoms with Gasteiger partial charge in [0.05, 0.1) is 72.7 Å². The van der Waals surface area contributed by atoms with Gasteiger partial charge in [0, 0.05) is 60.0 Å². The van der Waals surface area contributed by atoms with Gasteiger partial charge < -0.3 is 18.3 Å². The number of nitrogens with zero attached hydrogens (tertiary/aromatic N) is 5. The van der Waals surface area contributed by atoms with Crippen molar-refractivity contribution >= 4 is 87.2 Å². The Morgan fingerprint density at radius 2 is 0.746 bits per heavy atom. The largest absolute Gasteiger partial charge is 0.417 e. The molecule has 4 heterocycles. The van der Waals surface area contributed by atoms with Crippen LogP contribution in [0.3, 0.4) is 0 Å². The summed E-state index contributed by atoms with van der Waals surface area (Å²) in [7, 11) is 0. The summed E-state index contributed by atoms with van der Waals surface area (Å²) in [5.74, 6) is 0. The van der Waals surface area contributed by atoms with E-state index in [0.29, 0.717) is 16.9 Å². The number of para-hydroxylation sites is 6. The van der Waals surface area contributed by atoms with Crippen molar-refractivity contribution in [3.05, 3.63) is 229 Å². The van der Waals surface area contributed by atoms with Crippen LogP contribution >= 0.6 is 0 Å². The van der Waals surface area contributed by atoms with Crippen LogP contribution in [0.1, 0.15) is 16.7 Å². The van der Waals surface area contributed by atoms with E-state index in [-0.39, 0.29) is 16.7 Å². The van der Waals surface area contributed by atoms with E-state index in [1.165, 1.54) is 6.07 Å². The Morgan fingerprint density at radius 1 is 0.380 bits per heavy atom. The molecule has 0 aliphatic rings. The molecule has 0 saturated heterocycles. The van der Waals surface area contributed by atoms with Gasteiger partial charge in [-0.25, -0.2) is 0 Å². The monoisotopic (exact) mass is 921 g/mol. The summed E-state index contributed by atoms with van der Waals surface area (Å²) < 4.78 is 55.3. The second kappa shape index (κ2) is 15.1. The van der Waals surface area contributed by atoms with E-state index >= 15 is 13.2 Å². The van der Waals surface area contributed by atoms with Gasteiger partial charge in [-0.1, -0.05) is 146 Å². The van der Waals surface area contributed by atoms with Crippen molar-refractivity contribution in [3.8, 4) is 39.9 Å². The van der Waals surface area contributed by atoms with Crippen molar-refractivity contribution in [2.75, 3.05) is 0 Å². The van der Waals surface area contributed by atoms with Crippen molar-refractivity contribution in [1.29, 1.82) is 5.26 Å². The summed E-state index contributed by atoms with van der Waals surface area (Å²) >= 11 is 0. The topological polar surface area (TPSA) is 43.5 Å². The van der Waals surface area contributed by atoms with Gasteiger partial charge in [-0.15, -0.1) is 0 Å². The number of halogens is 3. The second-order valence-corrected chi connectivity index (χ2v) is 18.3. The highest BCUT2D eigenvalue weighted by molar-refractivity contribution is 6.26. The van der Waals surface area contributed by atoms with Gasteiger partial charge in [0.1, 0.15) is 0 Å². The first-order valence-electron chi connectivity index (χ1n) is 23.6. The Balaban J connectivity index is 1.25. The van der Waals surface area contributed by atoms with Crippen LogP contribution in [-0.2, 0) is 6.18 Å². The van der Waals surface area contributed by atoms with Crippen LogP contribution in [0.2, 0.25) is 0 Å². The fourth-order valence-corrected chi connectivity index (χ4v) is 11.7. The van der Waals surface area contributed by atoms with Gasteiger partial charge in [0.15, 0.2) is 0 Å². The number of rotatable bonds is 5. The molecule has 0 saturated carbocycles. The maximum atomic E-state index is 15.4. The van der Waals surface area contributed by atoms with Gasteiger partial charge >= 0.3 is 6.18 Å². The number of alkyl halides is 3. The Kier molecular flexibility index (Phi) is 8.65. The Bertz CT molecular complexity index is 4580. The molecule has 5 nitrogen and oxygen atoms in total. The van der Waals surface area contributed by atoms with Crippen LogP contribution in [0.4, 0.5) is 13.2 Å². The van der Waals surface area contributed by atoms with Crippen molar-refractivity contribution in [2.45, 2.75) is 13.1 Å². The molecule has 8 heteroatoms. The van der Waals surface area contributed by atoms with Crippen LogP contribution in [0.5, 0.6) is 0 Å². The zero-order valence-corrected chi connectivity index (χ0v) is 38.1. The van der Waals surface area contributed by atoms with Gasteiger partial charge in [-0.2, -0.15) is 18.4 Å². The molecule has 14 aromatic rings. The molecule has 0 fully saturated rings. The first-order chi connectivity index (χ1) is 34.8. The summed E-state index contributed by atoms with van der Waals surface area (Å²) in [5, 5.41) is 19.5. The minimum atomic E-state index is -4.70. The number of fused-ring (bicyclic) bond motifs is 14. The third-order valence-corrected chi connectivity index (χ3v) is 14.5. The molecule has 0 amide bonds. The summed E-state index contributed by atoms with van der Waals surface area (Å²) in [6.07, 6.45) is -4.70. The molecule has 0 bridgehead atoms. The molecule has 10 aromatic carbocycles. The molecule has 0 aliphatic carbocycles. The van der Waals surface area contributed by atoms with E-state index in [0.717, 1.165) is 105 Å². The quantitative estimate of drug-likeness (QED) is 0.170. The zero-order chi connectivity index (χ0) is 47.7. The molecule has 0 radical (unpaired) electrons. The second-order valence-electron chi connectivity index (χ2n) is 18.3. The van der Waals surface area contributed by atoms with Crippen LogP contribution in [0, 0.1) is 18.3 Å². The summed E-state index contributed by atoms with van der Waals surface area (Å²) in [5.41, 5.74) is 10.6. The number of nitriles is 1. The third kappa shape index (κ3) is 5.75. The van der Waals surface area contributed by atoms with Crippen LogP contribution in [-0.4, -0.2) is 18.3 Å². The Morgan fingerprint density at radius 3 is 1.15 bits per heavy atom. The van der Waals surface area contributed by atoms with Gasteiger partial charge in [-0.05, 0) is 84.8 Å². The summed E-state index contributed by atoms with van der Waals surface area (Å²) in [6.45, 7) is 1.69. The smallest absolute Gasteiger partial charge is 0.307 e. The predicted octanol–water partition coefficient (Wildman–Crippen LogP) is 16.9. The van der Waals surface area contributed by atoms with E-state index in [1.54, 1.807) is 13.0 Å². The number of hydrogen-bond donors (Lipinski definition) is 0. The first-order valence-corrected chi connectivity index (χ1v) is 23.6. The lowest BCUT2D eigenvalue weighted by atomic mass is 9.90. The lowest BCUT2D eigenvalue weighted by Gasteiger charge is -2.22. The van der Waals surface area contributed by atoms with E-state index in [9.17, 15) is 5.26 Å². The summed E-state index contributed by atoms with van der Waals surface area (Å²) in [6, 6.07) is 73.0. The van der Waals surface area contributed by atoms with Crippen molar-refractivity contribution in [1.82, 2.24) is 18.3 Å². The van der Waals surface area contributed by atoms with Crippen LogP contribution in [0.15, 0.2) is 212 Å². The van der Waals surface area contributed by atoms with Gasteiger partial charge in [0.25, 0.3) is 0 Å². The highest BCUT2D eigenvalue weighted by Gasteiger charge is 2.36. The highest BCUT2D eigenvalue weighted by atomic mass is 19.4. The molecule has 336 valence electrons. The van der Waals surface area contributed by atoms with Crippen LogP contribution in [0.25, 0.3) is 121 Å². The lowest BCUT2D eigenvalue weighted by Crippen LogP contribution is -2.10. The van der Waals surface area contributed by atoms with E-state index in [1.807, 2.05) is 72.8 Å². The molecule has 4 aromatic heterocycles. The lowest BCUT2D eigenvalue weighted by molar-refractivity contribution is -0.137. The molecular weight excluding hydrogens is 884 g/mol. The molecular formula is C63H38F3N5. The van der Waals surface area contributed by atoms with E-state index in [4.69, 9.17) is 0 Å². The number of aromatic nitrogens is 4. The molecule has 0 atom stereocenters. The molecule has 14 rings (SSSR count). The van der Waals surface area contributed by atoms with Crippen molar-refractivity contribution < 1.29 is 13.2 Å². The van der Waals surface area contributed by atoms with Crippen molar-refractivity contribution in [2.24, 2.45) is 0 Å². The average Bonchev–Trinajstić information content (AvgIpc) is 4.14. The third-order valence-electron chi connectivity index (χ3n) is 14.5. The number of aryl methyl sites for hydroxylation is 1. The minimum absolute atomic E-state index is 0.0255. The van der Waals surface area contributed by atoms with Crippen LogP contribution < -0.4 is 0 Å². The molecule has 0 aliphatic heterocycles. The zero-order valence-electron chi connectivity index (χ0n) is 38.1. The normalized spacial score (nSPS) is 12.2.